The van der Waals surface area contributed by atoms with E-state index in [4.69, 9.17) is 4.74 Å². The summed E-state index contributed by atoms with van der Waals surface area (Å²) in [7, 11) is 0. The van der Waals surface area contributed by atoms with Crippen molar-refractivity contribution >= 4 is 0 Å². The second-order valence-electron chi connectivity index (χ2n) is 1.26. The molecule has 0 heterocycles. The molecular formula is C6H12O. The van der Waals surface area contributed by atoms with Crippen LogP contribution in [0.2, 0.25) is 0 Å². The van der Waals surface area contributed by atoms with Gasteiger partial charge in [-0.1, -0.05) is 13.3 Å². The second-order valence-corrected chi connectivity index (χ2v) is 1.26. The zero-order valence-electron chi connectivity index (χ0n) is 4.81. The molecule has 0 atom stereocenters. The van der Waals surface area contributed by atoms with Gasteiger partial charge < -0.3 is 4.74 Å². The largest absolute Gasteiger partial charge is 0.376 e. The smallest absolute Gasteiger partial charge is 0.0836 e. The maximum absolute atomic E-state index is 4.91. The van der Waals surface area contributed by atoms with Crippen LogP contribution in [0.5, 0.6) is 0 Å². The Hall–Kier alpha value is -0.0400. The van der Waals surface area contributed by atoms with Crippen molar-refractivity contribution in [2.45, 2.75) is 19.8 Å². The van der Waals surface area contributed by atoms with Gasteiger partial charge in [0.15, 0.2) is 0 Å². The summed E-state index contributed by atoms with van der Waals surface area (Å²) in [4.78, 5) is 0. The molecule has 0 amide bonds. The van der Waals surface area contributed by atoms with Gasteiger partial charge >= 0.3 is 0 Å². The molecule has 0 aliphatic rings. The average Bonchev–Trinajstić information content (AvgIpc) is 1.69. The van der Waals surface area contributed by atoms with E-state index in [1.54, 1.807) is 6.61 Å². The monoisotopic (exact) mass is 100 g/mol. The standard InChI is InChI=1S/C6H12O/c1-3-5-6-7-4-2/h6H,1,3-5H2,2H3. The molecule has 0 aromatic heterocycles. The topological polar surface area (TPSA) is 9.23 Å². The van der Waals surface area contributed by atoms with Crippen LogP contribution in [0.15, 0.2) is 0 Å². The summed E-state index contributed by atoms with van der Waals surface area (Å²) in [5.41, 5.74) is 0. The lowest BCUT2D eigenvalue weighted by atomic mass is 10.4. The van der Waals surface area contributed by atoms with Crippen LogP contribution in [-0.2, 0) is 4.74 Å². The molecule has 0 saturated heterocycles. The molecule has 0 saturated carbocycles. The zero-order chi connectivity index (χ0) is 5.54. The van der Waals surface area contributed by atoms with Gasteiger partial charge in [0.1, 0.15) is 0 Å². The molecule has 0 aromatic rings. The number of hydrogen-bond donors (Lipinski definition) is 0. The van der Waals surface area contributed by atoms with Crippen LogP contribution in [0, 0.1) is 13.5 Å². The van der Waals surface area contributed by atoms with E-state index < -0.39 is 0 Å². The Bertz CT molecular complexity index is 23.4. The van der Waals surface area contributed by atoms with Crippen molar-refractivity contribution in [3.63, 3.8) is 0 Å². The van der Waals surface area contributed by atoms with Gasteiger partial charge in [-0.25, -0.2) is 0 Å². The van der Waals surface area contributed by atoms with Crippen molar-refractivity contribution in [3.05, 3.63) is 13.5 Å². The van der Waals surface area contributed by atoms with E-state index in [1.165, 1.54) is 0 Å². The molecule has 0 fully saturated rings. The first-order valence-corrected chi connectivity index (χ1v) is 2.64. The summed E-state index contributed by atoms with van der Waals surface area (Å²) in [6, 6.07) is 0. The van der Waals surface area contributed by atoms with E-state index in [1.807, 2.05) is 6.92 Å². The maximum Gasteiger partial charge on any atom is 0.0836 e. The quantitative estimate of drug-likeness (QED) is 0.489. The molecule has 0 aliphatic heterocycles. The third-order valence-electron chi connectivity index (χ3n) is 0.606. The lowest BCUT2D eigenvalue weighted by molar-refractivity contribution is 0.208. The fourth-order valence-electron chi connectivity index (χ4n) is 0.285. The van der Waals surface area contributed by atoms with E-state index in [0.29, 0.717) is 0 Å². The van der Waals surface area contributed by atoms with E-state index in [2.05, 4.69) is 6.92 Å². The fourth-order valence-corrected chi connectivity index (χ4v) is 0.285. The fraction of sp³-hybridized carbons (Fsp3) is 0.667. The van der Waals surface area contributed by atoms with Crippen LogP contribution in [0.4, 0.5) is 0 Å². The van der Waals surface area contributed by atoms with Crippen LogP contribution in [-0.4, -0.2) is 6.61 Å². The van der Waals surface area contributed by atoms with Crippen LogP contribution in [0.1, 0.15) is 19.8 Å². The van der Waals surface area contributed by atoms with Crippen LogP contribution < -0.4 is 0 Å². The Balaban J connectivity index is 2.45. The molecule has 2 radical (unpaired) electrons. The molecule has 42 valence electrons. The van der Waals surface area contributed by atoms with Crippen molar-refractivity contribution < 1.29 is 4.74 Å². The Morgan fingerprint density at radius 3 is 2.86 bits per heavy atom. The van der Waals surface area contributed by atoms with Crippen molar-refractivity contribution in [1.82, 2.24) is 0 Å². The molecule has 1 heteroatoms. The highest BCUT2D eigenvalue weighted by molar-refractivity contribution is 4.50. The molecule has 0 aliphatic carbocycles. The van der Waals surface area contributed by atoms with Crippen molar-refractivity contribution in [2.24, 2.45) is 0 Å². The molecule has 0 rings (SSSR count). The molecule has 0 unspecified atom stereocenters. The first kappa shape index (κ1) is 6.96. The van der Waals surface area contributed by atoms with E-state index >= 15 is 0 Å². The van der Waals surface area contributed by atoms with Crippen LogP contribution >= 0.6 is 0 Å². The minimum atomic E-state index is 0.778. The van der Waals surface area contributed by atoms with Gasteiger partial charge in [-0.05, 0) is 13.3 Å². The average molecular weight is 100 g/mol. The van der Waals surface area contributed by atoms with Crippen molar-refractivity contribution in [1.29, 1.82) is 0 Å². The first-order chi connectivity index (χ1) is 3.41. The zero-order valence-corrected chi connectivity index (χ0v) is 4.81. The van der Waals surface area contributed by atoms with Crippen LogP contribution in [0.25, 0.3) is 0 Å². The first-order valence-electron chi connectivity index (χ1n) is 2.64. The molecule has 0 aromatic carbocycles. The van der Waals surface area contributed by atoms with E-state index in [9.17, 15) is 0 Å². The number of rotatable bonds is 4. The van der Waals surface area contributed by atoms with Crippen molar-refractivity contribution in [2.75, 3.05) is 6.61 Å². The molecular weight excluding hydrogens is 88.1 g/mol. The lowest BCUT2D eigenvalue weighted by Gasteiger charge is -1.93. The number of ether oxygens (including phenoxy) is 1. The number of unbranched alkanes of at least 4 members (excludes halogenated alkanes) is 1. The Labute approximate surface area is 45.7 Å². The Kier molecular flexibility index (Phi) is 5.93. The summed E-state index contributed by atoms with van der Waals surface area (Å²) < 4.78 is 4.91. The second kappa shape index (κ2) is 5.96. The summed E-state index contributed by atoms with van der Waals surface area (Å²) in [5, 5.41) is 0. The van der Waals surface area contributed by atoms with Gasteiger partial charge in [0, 0.05) is 6.61 Å². The van der Waals surface area contributed by atoms with E-state index in [-0.39, 0.29) is 0 Å². The minimum Gasteiger partial charge on any atom is -0.376 e. The predicted octanol–water partition coefficient (Wildman–Crippen LogP) is 1.80. The molecule has 1 nitrogen and oxygen atoms in total. The molecule has 0 spiro atoms. The summed E-state index contributed by atoms with van der Waals surface area (Å²) in [5.74, 6) is 0. The lowest BCUT2D eigenvalue weighted by Crippen LogP contribution is -1.83. The highest BCUT2D eigenvalue weighted by Gasteiger charge is 1.79. The Morgan fingerprint density at radius 1 is 1.71 bits per heavy atom. The van der Waals surface area contributed by atoms with Crippen molar-refractivity contribution in [3.8, 4) is 0 Å². The van der Waals surface area contributed by atoms with Gasteiger partial charge in [0.05, 0.1) is 6.61 Å². The molecule has 0 bridgehead atoms. The summed E-state index contributed by atoms with van der Waals surface area (Å²) in [6.07, 6.45) is 1.90. The minimum absolute atomic E-state index is 0.778. The molecule has 0 N–H and O–H groups in total. The summed E-state index contributed by atoms with van der Waals surface area (Å²) >= 11 is 0. The van der Waals surface area contributed by atoms with Gasteiger partial charge in [0.25, 0.3) is 0 Å². The highest BCUT2D eigenvalue weighted by Crippen LogP contribution is 1.91. The third-order valence-corrected chi connectivity index (χ3v) is 0.606. The van der Waals surface area contributed by atoms with E-state index in [0.717, 1.165) is 19.4 Å². The Morgan fingerprint density at radius 2 is 2.43 bits per heavy atom. The maximum atomic E-state index is 4.91. The van der Waals surface area contributed by atoms with Gasteiger partial charge in [-0.15, -0.1) is 0 Å². The normalized spacial score (nSPS) is 9.43. The van der Waals surface area contributed by atoms with Crippen LogP contribution in [0.3, 0.4) is 0 Å². The number of hydrogen-bond acceptors (Lipinski definition) is 1. The highest BCUT2D eigenvalue weighted by atomic mass is 16.5. The SMILES string of the molecule is [CH2]CC[CH]OCC. The van der Waals surface area contributed by atoms with Gasteiger partial charge in [-0.2, -0.15) is 0 Å². The third kappa shape index (κ3) is 5.96. The van der Waals surface area contributed by atoms with Gasteiger partial charge in [-0.3, -0.25) is 0 Å². The summed E-state index contributed by atoms with van der Waals surface area (Å²) in [6.45, 7) is 8.19. The molecule has 7 heavy (non-hydrogen) atoms. The predicted molar refractivity (Wildman–Crippen MR) is 30.5 cm³/mol. The van der Waals surface area contributed by atoms with Gasteiger partial charge in [0.2, 0.25) is 0 Å².